The van der Waals surface area contributed by atoms with Gasteiger partial charge in [0.1, 0.15) is 6.42 Å². The third-order valence-corrected chi connectivity index (χ3v) is 1.00. The van der Waals surface area contributed by atoms with Crippen LogP contribution in [0.3, 0.4) is 0 Å². The summed E-state index contributed by atoms with van der Waals surface area (Å²) in [6.07, 6.45) is 5.99. The maximum atomic E-state index is 10.2. The van der Waals surface area contributed by atoms with Gasteiger partial charge in [-0.25, -0.2) is 4.99 Å². The van der Waals surface area contributed by atoms with Crippen molar-refractivity contribution < 1.29 is 14.6 Å². The van der Waals surface area contributed by atoms with Crippen molar-refractivity contribution in [2.24, 2.45) is 4.99 Å². The Balaban J connectivity index is 2.57. The Morgan fingerprint density at radius 3 is 3.18 bits per heavy atom. The van der Waals surface area contributed by atoms with E-state index in [0.29, 0.717) is 0 Å². The molecule has 0 aromatic carbocycles. The number of rotatable bonds is 2. The zero-order chi connectivity index (χ0) is 8.10. The summed E-state index contributed by atoms with van der Waals surface area (Å²) in [5.74, 6) is -0.755. The average Bonchev–Trinajstić information content (AvgIpc) is 2.14. The minimum atomic E-state index is -0.951. The van der Waals surface area contributed by atoms with E-state index >= 15 is 0 Å². The van der Waals surface area contributed by atoms with E-state index in [1.54, 1.807) is 12.2 Å². The summed E-state index contributed by atoms with van der Waals surface area (Å²) in [6.45, 7) is 0. The molecule has 1 rings (SSSR count). The maximum Gasteiger partial charge on any atom is 0.312 e. The first-order valence-corrected chi connectivity index (χ1v) is 3.06. The monoisotopic (exact) mass is 153 g/mol. The lowest BCUT2D eigenvalue weighted by Gasteiger charge is -1.97. The SMILES string of the molecule is O=C(O)CC1=NC=CC=CO1. The molecule has 0 atom stereocenters. The van der Waals surface area contributed by atoms with Crippen LogP contribution in [0.4, 0.5) is 0 Å². The topological polar surface area (TPSA) is 58.9 Å². The van der Waals surface area contributed by atoms with E-state index in [0.717, 1.165) is 0 Å². The van der Waals surface area contributed by atoms with Gasteiger partial charge in [0.25, 0.3) is 0 Å². The number of carboxylic acid groups (broad SMARTS) is 1. The summed E-state index contributed by atoms with van der Waals surface area (Å²) >= 11 is 0. The van der Waals surface area contributed by atoms with Crippen molar-refractivity contribution in [2.45, 2.75) is 6.42 Å². The van der Waals surface area contributed by atoms with Gasteiger partial charge in [0.05, 0.1) is 6.26 Å². The van der Waals surface area contributed by atoms with Crippen LogP contribution >= 0.6 is 0 Å². The van der Waals surface area contributed by atoms with Crippen LogP contribution in [0.25, 0.3) is 0 Å². The van der Waals surface area contributed by atoms with Crippen molar-refractivity contribution >= 4 is 11.9 Å². The predicted octanol–water partition coefficient (Wildman–Crippen LogP) is 0.917. The number of allylic oxidation sites excluding steroid dienone is 2. The smallest absolute Gasteiger partial charge is 0.312 e. The number of aliphatic carboxylic acids is 1. The van der Waals surface area contributed by atoms with Gasteiger partial charge in [0.15, 0.2) is 0 Å². The zero-order valence-corrected chi connectivity index (χ0v) is 5.73. The number of carbonyl (C=O) groups is 1. The van der Waals surface area contributed by atoms with E-state index in [-0.39, 0.29) is 12.3 Å². The molecule has 11 heavy (non-hydrogen) atoms. The lowest BCUT2D eigenvalue weighted by Crippen LogP contribution is -2.07. The molecule has 4 nitrogen and oxygen atoms in total. The van der Waals surface area contributed by atoms with Crippen LogP contribution < -0.4 is 0 Å². The second kappa shape index (κ2) is 3.55. The Labute approximate surface area is 63.5 Å². The molecule has 58 valence electrons. The van der Waals surface area contributed by atoms with Crippen molar-refractivity contribution in [3.05, 3.63) is 24.6 Å². The molecule has 1 heterocycles. The van der Waals surface area contributed by atoms with E-state index in [1.165, 1.54) is 12.5 Å². The molecule has 4 heteroatoms. The van der Waals surface area contributed by atoms with Gasteiger partial charge < -0.3 is 9.84 Å². The summed E-state index contributed by atoms with van der Waals surface area (Å²) < 4.78 is 4.84. The first-order valence-electron chi connectivity index (χ1n) is 3.06. The Hall–Kier alpha value is -1.58. The fourth-order valence-corrected chi connectivity index (χ4v) is 0.586. The zero-order valence-electron chi connectivity index (χ0n) is 5.73. The van der Waals surface area contributed by atoms with E-state index in [9.17, 15) is 4.79 Å². The molecule has 1 aliphatic heterocycles. The van der Waals surface area contributed by atoms with Crippen LogP contribution in [0.2, 0.25) is 0 Å². The molecule has 0 amide bonds. The predicted molar refractivity (Wildman–Crippen MR) is 39.1 cm³/mol. The molecule has 0 aromatic rings. The molecular weight excluding hydrogens is 146 g/mol. The van der Waals surface area contributed by atoms with Gasteiger partial charge in [0, 0.05) is 6.20 Å². The molecule has 0 spiro atoms. The highest BCUT2D eigenvalue weighted by molar-refractivity contribution is 5.94. The second-order valence-electron chi connectivity index (χ2n) is 1.88. The van der Waals surface area contributed by atoms with Gasteiger partial charge in [-0.3, -0.25) is 4.79 Å². The average molecular weight is 153 g/mol. The highest BCUT2D eigenvalue weighted by atomic mass is 16.5. The highest BCUT2D eigenvalue weighted by Gasteiger charge is 2.05. The largest absolute Gasteiger partial charge is 0.481 e. The van der Waals surface area contributed by atoms with Gasteiger partial charge in [-0.2, -0.15) is 0 Å². The summed E-state index contributed by atoms with van der Waals surface area (Å²) in [4.78, 5) is 13.9. The maximum absolute atomic E-state index is 10.2. The molecule has 0 aliphatic carbocycles. The van der Waals surface area contributed by atoms with Gasteiger partial charge in [-0.05, 0) is 12.2 Å². The molecule has 0 saturated carbocycles. The summed E-state index contributed by atoms with van der Waals surface area (Å²) in [7, 11) is 0. The third kappa shape index (κ3) is 2.66. The number of hydrogen-bond acceptors (Lipinski definition) is 3. The van der Waals surface area contributed by atoms with Crippen LogP contribution in [0.5, 0.6) is 0 Å². The Bertz CT molecular complexity index is 240. The van der Waals surface area contributed by atoms with Crippen molar-refractivity contribution in [1.82, 2.24) is 0 Å². The van der Waals surface area contributed by atoms with Crippen molar-refractivity contribution in [1.29, 1.82) is 0 Å². The molecule has 1 N–H and O–H groups in total. The molecule has 0 saturated heterocycles. The van der Waals surface area contributed by atoms with Crippen LogP contribution in [0.1, 0.15) is 6.42 Å². The Kier molecular flexibility index (Phi) is 2.43. The fourth-order valence-electron chi connectivity index (χ4n) is 0.586. The first-order chi connectivity index (χ1) is 5.29. The van der Waals surface area contributed by atoms with E-state index < -0.39 is 5.97 Å². The van der Waals surface area contributed by atoms with E-state index in [1.807, 2.05) is 0 Å². The fraction of sp³-hybridized carbons (Fsp3) is 0.143. The molecule has 0 unspecified atom stereocenters. The van der Waals surface area contributed by atoms with E-state index in [2.05, 4.69) is 4.99 Å². The second-order valence-corrected chi connectivity index (χ2v) is 1.88. The minimum absolute atomic E-state index is 0.186. The van der Waals surface area contributed by atoms with Crippen molar-refractivity contribution in [3.63, 3.8) is 0 Å². The molecule has 0 bridgehead atoms. The van der Waals surface area contributed by atoms with Crippen molar-refractivity contribution in [2.75, 3.05) is 0 Å². The Morgan fingerprint density at radius 2 is 2.45 bits per heavy atom. The molecule has 0 radical (unpaired) electrons. The van der Waals surface area contributed by atoms with E-state index in [4.69, 9.17) is 9.84 Å². The summed E-state index contributed by atoms with van der Waals surface area (Å²) in [5.41, 5.74) is 0. The number of carboxylic acids is 1. The van der Waals surface area contributed by atoms with Crippen LogP contribution in [-0.4, -0.2) is 17.0 Å². The molecule has 1 aliphatic rings. The molecular formula is C7H7NO3. The minimum Gasteiger partial charge on any atom is -0.481 e. The summed E-state index contributed by atoms with van der Waals surface area (Å²) in [5, 5.41) is 8.35. The normalized spacial score (nSPS) is 15.1. The number of ether oxygens (including phenoxy) is 1. The lowest BCUT2D eigenvalue weighted by molar-refractivity contribution is -0.135. The summed E-state index contributed by atoms with van der Waals surface area (Å²) in [6, 6.07) is 0. The van der Waals surface area contributed by atoms with Crippen LogP contribution in [0.15, 0.2) is 29.6 Å². The quantitative estimate of drug-likeness (QED) is 0.641. The van der Waals surface area contributed by atoms with Gasteiger partial charge in [-0.15, -0.1) is 0 Å². The number of aliphatic imine (C=N–C) groups is 1. The third-order valence-electron chi connectivity index (χ3n) is 1.00. The van der Waals surface area contributed by atoms with Gasteiger partial charge >= 0.3 is 5.97 Å². The lowest BCUT2D eigenvalue weighted by atomic mass is 10.4. The van der Waals surface area contributed by atoms with Crippen molar-refractivity contribution in [3.8, 4) is 0 Å². The number of hydrogen-bond donors (Lipinski definition) is 1. The highest BCUT2D eigenvalue weighted by Crippen LogP contribution is 1.97. The van der Waals surface area contributed by atoms with Gasteiger partial charge in [-0.1, -0.05) is 0 Å². The number of nitrogens with zero attached hydrogens (tertiary/aromatic N) is 1. The Morgan fingerprint density at radius 1 is 1.64 bits per heavy atom. The molecule has 0 aromatic heterocycles. The van der Waals surface area contributed by atoms with Gasteiger partial charge in [0.2, 0.25) is 5.90 Å². The standard InChI is InChI=1S/C7H7NO3/c9-7(10)5-6-8-3-1-2-4-11-6/h1-4H,5H2,(H,9,10). The first kappa shape index (κ1) is 7.53. The van der Waals surface area contributed by atoms with Crippen LogP contribution in [-0.2, 0) is 9.53 Å². The molecule has 0 fully saturated rings. The van der Waals surface area contributed by atoms with Crippen LogP contribution in [0, 0.1) is 0 Å².